The van der Waals surface area contributed by atoms with E-state index in [2.05, 4.69) is 20.1 Å². The van der Waals surface area contributed by atoms with Crippen LogP contribution in [0.2, 0.25) is 0 Å². The summed E-state index contributed by atoms with van der Waals surface area (Å²) in [4.78, 5) is 57.9. The molecule has 1 unspecified atom stereocenters. The number of aromatic nitrogens is 1. The molecular formula is C29H40N6O5. The molecule has 2 aromatic rings. The van der Waals surface area contributed by atoms with Crippen LogP contribution in [-0.2, 0) is 14.4 Å². The summed E-state index contributed by atoms with van der Waals surface area (Å²) < 4.78 is 5.65. The van der Waals surface area contributed by atoms with E-state index in [0.29, 0.717) is 36.4 Å². The number of likely N-dealkylation sites (N-methyl/N-ethyl adjacent to an activating group) is 1. The molecule has 11 heteroatoms. The number of nitrogens with one attached hydrogen (secondary N) is 1. The van der Waals surface area contributed by atoms with E-state index in [1.54, 1.807) is 24.4 Å². The average Bonchev–Trinajstić information content (AvgIpc) is 2.97. The molecule has 1 aromatic carbocycles. The molecule has 1 aliphatic heterocycles. The standard InChI is InChI=1S/C29H40N6O5/c1-22-19-24(9-10-25(22)29(39)35(21-37)26(7-6-17-36)28(38)31-2)34-15-13-33(14-16-34)12-4-3-5-18-40-27-11-8-23(30)20-32-27/h8-11,17,19-21,26H,3-7,12-16,18,30H2,1-2H3,(H,31,38). The largest absolute Gasteiger partial charge is 0.478 e. The van der Waals surface area contributed by atoms with Gasteiger partial charge in [-0.25, -0.2) is 4.98 Å². The van der Waals surface area contributed by atoms with E-state index in [1.165, 1.54) is 7.05 Å². The van der Waals surface area contributed by atoms with Crippen LogP contribution in [0.15, 0.2) is 36.5 Å². The third-order valence-corrected chi connectivity index (χ3v) is 7.10. The summed E-state index contributed by atoms with van der Waals surface area (Å²) >= 11 is 0. The third-order valence-electron chi connectivity index (χ3n) is 7.10. The number of carbonyl (C=O) groups is 4. The Kier molecular flexibility index (Phi) is 11.9. The van der Waals surface area contributed by atoms with Crippen molar-refractivity contribution in [1.29, 1.82) is 0 Å². The lowest BCUT2D eigenvalue weighted by molar-refractivity contribution is -0.131. The fourth-order valence-electron chi connectivity index (χ4n) is 4.77. The molecule has 0 spiro atoms. The molecule has 1 fully saturated rings. The van der Waals surface area contributed by atoms with Gasteiger partial charge < -0.3 is 25.5 Å². The van der Waals surface area contributed by atoms with Crippen molar-refractivity contribution >= 4 is 35.9 Å². The maximum absolute atomic E-state index is 13.2. The number of carbonyl (C=O) groups excluding carboxylic acids is 4. The minimum atomic E-state index is -1.04. The molecule has 3 amide bonds. The first-order chi connectivity index (χ1) is 19.4. The summed E-state index contributed by atoms with van der Waals surface area (Å²) in [6.07, 6.45) is 5.92. The maximum atomic E-state index is 13.2. The monoisotopic (exact) mass is 552 g/mol. The minimum Gasteiger partial charge on any atom is -0.478 e. The van der Waals surface area contributed by atoms with Crippen LogP contribution in [0.1, 0.15) is 48.0 Å². The zero-order chi connectivity index (χ0) is 28.9. The van der Waals surface area contributed by atoms with Gasteiger partial charge in [-0.3, -0.25) is 24.2 Å². The van der Waals surface area contributed by atoms with Crippen molar-refractivity contribution in [1.82, 2.24) is 20.1 Å². The van der Waals surface area contributed by atoms with Gasteiger partial charge in [0.05, 0.1) is 18.5 Å². The van der Waals surface area contributed by atoms with Gasteiger partial charge in [-0.15, -0.1) is 0 Å². The fourth-order valence-corrected chi connectivity index (χ4v) is 4.77. The van der Waals surface area contributed by atoms with Crippen molar-refractivity contribution in [2.24, 2.45) is 0 Å². The summed E-state index contributed by atoms with van der Waals surface area (Å²) in [7, 11) is 1.43. The molecule has 3 rings (SSSR count). The first kappa shape index (κ1) is 30.6. The molecule has 0 aliphatic carbocycles. The van der Waals surface area contributed by atoms with E-state index in [1.807, 2.05) is 19.1 Å². The second-order valence-electron chi connectivity index (χ2n) is 9.86. The highest BCUT2D eigenvalue weighted by Gasteiger charge is 2.30. The highest BCUT2D eigenvalue weighted by atomic mass is 16.5. The quantitative estimate of drug-likeness (QED) is 0.251. The number of anilines is 2. The Morgan fingerprint density at radius 1 is 1.12 bits per heavy atom. The first-order valence-corrected chi connectivity index (χ1v) is 13.7. The van der Waals surface area contributed by atoms with Gasteiger partial charge in [0, 0.05) is 57.0 Å². The normalized spacial score (nSPS) is 14.3. The van der Waals surface area contributed by atoms with E-state index >= 15 is 0 Å². The number of unbranched alkanes of at least 4 members (excludes halogenated alkanes) is 2. The Labute approximate surface area is 235 Å². The molecule has 11 nitrogen and oxygen atoms in total. The van der Waals surface area contributed by atoms with E-state index in [9.17, 15) is 19.2 Å². The number of aryl methyl sites for hydroxylation is 1. The number of imide groups is 1. The van der Waals surface area contributed by atoms with Gasteiger partial charge in [0.2, 0.25) is 18.2 Å². The second-order valence-corrected chi connectivity index (χ2v) is 9.86. The summed E-state index contributed by atoms with van der Waals surface area (Å²) in [5.74, 6) is -0.446. The molecule has 40 heavy (non-hydrogen) atoms. The second kappa shape index (κ2) is 15.6. The van der Waals surface area contributed by atoms with Crippen LogP contribution in [0.3, 0.4) is 0 Å². The van der Waals surface area contributed by atoms with Gasteiger partial charge in [-0.1, -0.05) is 0 Å². The summed E-state index contributed by atoms with van der Waals surface area (Å²) in [6.45, 7) is 7.16. The molecule has 1 atom stereocenters. The number of rotatable bonds is 15. The number of nitrogen functional groups attached to an aromatic ring is 1. The number of ether oxygens (including phenoxy) is 1. The number of pyridine rings is 1. The minimum absolute atomic E-state index is 0.0657. The zero-order valence-corrected chi connectivity index (χ0v) is 23.4. The molecular weight excluding hydrogens is 512 g/mol. The first-order valence-electron chi connectivity index (χ1n) is 13.7. The van der Waals surface area contributed by atoms with Crippen LogP contribution in [0.4, 0.5) is 11.4 Å². The Bertz CT molecular complexity index is 1130. The van der Waals surface area contributed by atoms with Gasteiger partial charge in [-0.05, 0) is 69.0 Å². The SMILES string of the molecule is CNC(=O)C(CCC=O)N(C=O)C(=O)c1ccc(N2CCN(CCCCCOc3ccc(N)cn3)CC2)cc1C. The number of nitrogens with zero attached hydrogens (tertiary/aromatic N) is 4. The van der Waals surface area contributed by atoms with Gasteiger partial charge in [0.1, 0.15) is 12.3 Å². The van der Waals surface area contributed by atoms with Crippen LogP contribution < -0.4 is 20.7 Å². The molecule has 1 aliphatic rings. The highest BCUT2D eigenvalue weighted by Crippen LogP contribution is 2.23. The van der Waals surface area contributed by atoms with Crippen molar-refractivity contribution in [3.8, 4) is 5.88 Å². The van der Waals surface area contributed by atoms with E-state index in [-0.39, 0.29) is 12.8 Å². The molecule has 0 radical (unpaired) electrons. The number of benzene rings is 1. The van der Waals surface area contributed by atoms with Crippen molar-refractivity contribution in [2.45, 2.75) is 45.1 Å². The topological polar surface area (TPSA) is 138 Å². The lowest BCUT2D eigenvalue weighted by Gasteiger charge is -2.36. The van der Waals surface area contributed by atoms with Crippen LogP contribution in [0.25, 0.3) is 0 Å². The summed E-state index contributed by atoms with van der Waals surface area (Å²) in [5, 5.41) is 2.46. The fraction of sp³-hybridized carbons (Fsp3) is 0.483. The molecule has 1 saturated heterocycles. The van der Waals surface area contributed by atoms with Crippen LogP contribution in [-0.4, -0.2) is 91.7 Å². The number of hydrogen-bond acceptors (Lipinski definition) is 9. The van der Waals surface area contributed by atoms with Crippen molar-refractivity contribution < 1.29 is 23.9 Å². The third kappa shape index (κ3) is 8.51. The lowest BCUT2D eigenvalue weighted by Crippen LogP contribution is -2.48. The number of piperazine rings is 1. The molecule has 216 valence electrons. The van der Waals surface area contributed by atoms with E-state index in [4.69, 9.17) is 10.5 Å². The predicted octanol–water partition coefficient (Wildman–Crippen LogP) is 2.04. The smallest absolute Gasteiger partial charge is 0.261 e. The Morgan fingerprint density at radius 2 is 1.90 bits per heavy atom. The van der Waals surface area contributed by atoms with Crippen molar-refractivity contribution in [3.63, 3.8) is 0 Å². The zero-order valence-electron chi connectivity index (χ0n) is 23.4. The number of aldehydes is 1. The molecule has 1 aromatic heterocycles. The molecule has 0 saturated carbocycles. The Hall–Kier alpha value is -3.99. The van der Waals surface area contributed by atoms with E-state index in [0.717, 1.165) is 68.1 Å². The van der Waals surface area contributed by atoms with Crippen molar-refractivity contribution in [2.75, 3.05) is 57.0 Å². The molecule has 2 heterocycles. The number of amides is 3. The number of nitrogens with two attached hydrogens (primary N) is 1. The lowest BCUT2D eigenvalue weighted by atomic mass is 10.0. The average molecular weight is 553 g/mol. The number of hydrogen-bond donors (Lipinski definition) is 2. The highest BCUT2D eigenvalue weighted by molar-refractivity contribution is 6.04. The van der Waals surface area contributed by atoms with Gasteiger partial charge >= 0.3 is 0 Å². The Morgan fingerprint density at radius 3 is 2.52 bits per heavy atom. The Balaban J connectivity index is 1.46. The summed E-state index contributed by atoms with van der Waals surface area (Å²) in [5.41, 5.74) is 8.35. The van der Waals surface area contributed by atoms with Gasteiger partial charge in [0.25, 0.3) is 5.91 Å². The predicted molar refractivity (Wildman–Crippen MR) is 153 cm³/mol. The van der Waals surface area contributed by atoms with E-state index < -0.39 is 17.9 Å². The van der Waals surface area contributed by atoms with Crippen LogP contribution in [0.5, 0.6) is 5.88 Å². The van der Waals surface area contributed by atoms with Gasteiger partial charge in [-0.2, -0.15) is 0 Å². The van der Waals surface area contributed by atoms with Crippen LogP contribution >= 0.6 is 0 Å². The van der Waals surface area contributed by atoms with Gasteiger partial charge in [0.15, 0.2) is 0 Å². The summed E-state index contributed by atoms with van der Waals surface area (Å²) in [6, 6.07) is 8.06. The van der Waals surface area contributed by atoms with Crippen molar-refractivity contribution in [3.05, 3.63) is 47.7 Å². The molecule has 3 N–H and O–H groups in total. The molecule has 0 bridgehead atoms. The maximum Gasteiger partial charge on any atom is 0.261 e. The van der Waals surface area contributed by atoms with Crippen LogP contribution in [0, 0.1) is 6.92 Å².